The summed E-state index contributed by atoms with van der Waals surface area (Å²) < 4.78 is 3.22. The highest BCUT2D eigenvalue weighted by Crippen LogP contribution is 2.14. The van der Waals surface area contributed by atoms with Crippen LogP contribution >= 0.6 is 23.2 Å². The fourth-order valence-electron chi connectivity index (χ4n) is 1.68. The van der Waals surface area contributed by atoms with Crippen LogP contribution in [0.3, 0.4) is 0 Å². The van der Waals surface area contributed by atoms with Gasteiger partial charge in [-0.2, -0.15) is 10.2 Å². The van der Waals surface area contributed by atoms with Crippen molar-refractivity contribution in [1.82, 2.24) is 24.9 Å². The zero-order valence-electron chi connectivity index (χ0n) is 11.2. The molecule has 0 aliphatic heterocycles. The van der Waals surface area contributed by atoms with E-state index in [2.05, 4.69) is 15.5 Å². The van der Waals surface area contributed by atoms with Crippen LogP contribution in [-0.2, 0) is 24.4 Å². The van der Waals surface area contributed by atoms with E-state index in [9.17, 15) is 4.79 Å². The lowest BCUT2D eigenvalue weighted by Gasteiger charge is -2.03. The van der Waals surface area contributed by atoms with Crippen LogP contribution in [-0.4, -0.2) is 25.5 Å². The Labute approximate surface area is 126 Å². The van der Waals surface area contributed by atoms with E-state index in [4.69, 9.17) is 23.2 Å². The van der Waals surface area contributed by atoms with Crippen LogP contribution in [0.25, 0.3) is 0 Å². The molecule has 8 heteroatoms. The van der Waals surface area contributed by atoms with Crippen molar-refractivity contribution in [3.8, 4) is 0 Å². The second kappa shape index (κ2) is 6.28. The van der Waals surface area contributed by atoms with E-state index in [1.165, 1.54) is 4.68 Å². The number of hydrogen-bond donors (Lipinski definition) is 1. The molecule has 0 fully saturated rings. The standard InChI is InChI=1S/C12H15Cl2N5O/c1-3-18-6-10(14)11(17-18)4-15-12(20)7-19-5-9(13)8(2)16-19/h5-6H,3-4,7H2,1-2H3,(H,15,20). The summed E-state index contributed by atoms with van der Waals surface area (Å²) >= 11 is 11.9. The van der Waals surface area contributed by atoms with Crippen molar-refractivity contribution >= 4 is 29.1 Å². The lowest BCUT2D eigenvalue weighted by Crippen LogP contribution is -2.27. The lowest BCUT2D eigenvalue weighted by molar-refractivity contribution is -0.122. The largest absolute Gasteiger partial charge is 0.349 e. The van der Waals surface area contributed by atoms with Gasteiger partial charge in [-0.3, -0.25) is 14.2 Å². The Morgan fingerprint density at radius 2 is 1.95 bits per heavy atom. The van der Waals surface area contributed by atoms with Gasteiger partial charge in [0.05, 0.1) is 22.3 Å². The Bertz CT molecular complexity index is 600. The number of carbonyl (C=O) groups excluding carboxylic acids is 1. The molecule has 2 aromatic rings. The summed E-state index contributed by atoms with van der Waals surface area (Å²) in [6.45, 7) is 4.89. The third-order valence-electron chi connectivity index (χ3n) is 2.76. The Hall–Kier alpha value is -1.53. The first kappa shape index (κ1) is 14.9. The smallest absolute Gasteiger partial charge is 0.242 e. The molecule has 108 valence electrons. The molecule has 2 rings (SSSR count). The molecular weight excluding hydrogens is 301 g/mol. The number of carbonyl (C=O) groups is 1. The molecule has 0 aliphatic rings. The lowest BCUT2D eigenvalue weighted by atomic mass is 10.4. The first-order chi connectivity index (χ1) is 9.49. The minimum absolute atomic E-state index is 0.111. The predicted octanol–water partition coefficient (Wildman–Crippen LogP) is 2.03. The van der Waals surface area contributed by atoms with Gasteiger partial charge in [-0.05, 0) is 13.8 Å². The summed E-state index contributed by atoms with van der Waals surface area (Å²) in [6, 6.07) is 0. The number of hydrogen-bond acceptors (Lipinski definition) is 3. The minimum Gasteiger partial charge on any atom is -0.349 e. The second-order valence-electron chi connectivity index (χ2n) is 4.32. The van der Waals surface area contributed by atoms with Crippen LogP contribution in [0.1, 0.15) is 18.3 Å². The van der Waals surface area contributed by atoms with Gasteiger partial charge in [0, 0.05) is 18.9 Å². The molecule has 2 aromatic heterocycles. The highest BCUT2D eigenvalue weighted by molar-refractivity contribution is 6.31. The molecule has 2 heterocycles. The number of aromatic nitrogens is 4. The van der Waals surface area contributed by atoms with Gasteiger partial charge in [0.1, 0.15) is 12.2 Å². The van der Waals surface area contributed by atoms with Gasteiger partial charge in [-0.15, -0.1) is 0 Å². The fourth-order valence-corrected chi connectivity index (χ4v) is 2.05. The molecule has 0 atom stereocenters. The highest BCUT2D eigenvalue weighted by Gasteiger charge is 2.10. The number of nitrogens with zero attached hydrogens (tertiary/aromatic N) is 4. The summed E-state index contributed by atoms with van der Waals surface area (Å²) in [4.78, 5) is 11.8. The van der Waals surface area contributed by atoms with Gasteiger partial charge in [0.25, 0.3) is 0 Å². The normalized spacial score (nSPS) is 10.8. The van der Waals surface area contributed by atoms with Crippen LogP contribution in [0.2, 0.25) is 10.0 Å². The van der Waals surface area contributed by atoms with Crippen molar-refractivity contribution < 1.29 is 4.79 Å². The Morgan fingerprint density at radius 1 is 1.25 bits per heavy atom. The summed E-state index contributed by atoms with van der Waals surface area (Å²) in [7, 11) is 0. The van der Waals surface area contributed by atoms with E-state index in [-0.39, 0.29) is 12.5 Å². The van der Waals surface area contributed by atoms with Crippen molar-refractivity contribution in [3.05, 3.63) is 33.8 Å². The predicted molar refractivity (Wildman–Crippen MR) is 76.7 cm³/mol. The average Bonchev–Trinajstić information content (AvgIpc) is 2.90. The third kappa shape index (κ3) is 3.52. The maximum atomic E-state index is 11.8. The Morgan fingerprint density at radius 3 is 2.50 bits per heavy atom. The molecule has 0 saturated carbocycles. The van der Waals surface area contributed by atoms with Gasteiger partial charge in [0.2, 0.25) is 5.91 Å². The van der Waals surface area contributed by atoms with Crippen molar-refractivity contribution in [2.45, 2.75) is 33.5 Å². The molecule has 0 saturated heterocycles. The molecule has 0 aromatic carbocycles. The number of rotatable bonds is 5. The van der Waals surface area contributed by atoms with E-state index in [0.29, 0.717) is 28.0 Å². The van der Waals surface area contributed by atoms with Crippen LogP contribution < -0.4 is 5.32 Å². The fraction of sp³-hybridized carbons (Fsp3) is 0.417. The minimum atomic E-state index is -0.175. The summed E-state index contributed by atoms with van der Waals surface area (Å²) in [5, 5.41) is 12.2. The van der Waals surface area contributed by atoms with Gasteiger partial charge in [-0.1, -0.05) is 23.2 Å². The van der Waals surface area contributed by atoms with Gasteiger partial charge >= 0.3 is 0 Å². The molecule has 1 amide bonds. The molecule has 1 N–H and O–H groups in total. The van der Waals surface area contributed by atoms with E-state index >= 15 is 0 Å². The maximum Gasteiger partial charge on any atom is 0.242 e. The molecule has 20 heavy (non-hydrogen) atoms. The van der Waals surface area contributed by atoms with Crippen molar-refractivity contribution in [1.29, 1.82) is 0 Å². The van der Waals surface area contributed by atoms with Gasteiger partial charge < -0.3 is 5.32 Å². The third-order valence-corrected chi connectivity index (χ3v) is 3.44. The molecule has 6 nitrogen and oxygen atoms in total. The topological polar surface area (TPSA) is 64.7 Å². The monoisotopic (exact) mass is 315 g/mol. The quantitative estimate of drug-likeness (QED) is 0.918. The SMILES string of the molecule is CCn1cc(Cl)c(CNC(=O)Cn2cc(Cl)c(C)n2)n1. The van der Waals surface area contributed by atoms with Gasteiger partial charge in [0.15, 0.2) is 0 Å². The van der Waals surface area contributed by atoms with Crippen LogP contribution in [0.5, 0.6) is 0 Å². The number of amides is 1. The van der Waals surface area contributed by atoms with Crippen molar-refractivity contribution in [2.75, 3.05) is 0 Å². The molecule has 0 aliphatic carbocycles. The van der Waals surface area contributed by atoms with Crippen LogP contribution in [0.4, 0.5) is 0 Å². The maximum absolute atomic E-state index is 11.8. The van der Waals surface area contributed by atoms with Gasteiger partial charge in [-0.25, -0.2) is 0 Å². The summed E-state index contributed by atoms with van der Waals surface area (Å²) in [6.07, 6.45) is 3.36. The Balaban J connectivity index is 1.90. The van der Waals surface area contributed by atoms with E-state index in [1.807, 2.05) is 6.92 Å². The zero-order valence-corrected chi connectivity index (χ0v) is 12.7. The van der Waals surface area contributed by atoms with Crippen LogP contribution in [0, 0.1) is 6.92 Å². The van der Waals surface area contributed by atoms with E-state index in [1.54, 1.807) is 24.0 Å². The molecule has 0 unspecified atom stereocenters. The molecule has 0 spiro atoms. The van der Waals surface area contributed by atoms with E-state index in [0.717, 1.165) is 6.54 Å². The van der Waals surface area contributed by atoms with Crippen molar-refractivity contribution in [2.24, 2.45) is 0 Å². The number of aryl methyl sites for hydroxylation is 2. The molecule has 0 radical (unpaired) electrons. The van der Waals surface area contributed by atoms with E-state index < -0.39 is 0 Å². The zero-order chi connectivity index (χ0) is 14.7. The second-order valence-corrected chi connectivity index (χ2v) is 5.13. The van der Waals surface area contributed by atoms with Crippen LogP contribution in [0.15, 0.2) is 12.4 Å². The average molecular weight is 316 g/mol. The number of nitrogens with one attached hydrogen (secondary N) is 1. The van der Waals surface area contributed by atoms with Crippen molar-refractivity contribution in [3.63, 3.8) is 0 Å². The molecule has 0 bridgehead atoms. The summed E-state index contributed by atoms with van der Waals surface area (Å²) in [5.41, 5.74) is 1.35. The molecular formula is C12H15Cl2N5O. The number of halogens is 2. The first-order valence-electron chi connectivity index (χ1n) is 6.17. The highest BCUT2D eigenvalue weighted by atomic mass is 35.5. The first-order valence-corrected chi connectivity index (χ1v) is 6.93. The summed E-state index contributed by atoms with van der Waals surface area (Å²) in [5.74, 6) is -0.175. The Kier molecular flexibility index (Phi) is 4.67.